The first-order chi connectivity index (χ1) is 41.5. The normalized spacial score (nSPS) is 17.1. The molecule has 2 fully saturated rings. The minimum absolute atomic E-state index is 0.0634. The number of aromatic amines is 6. The Kier molecular flexibility index (Phi) is 33.6. The van der Waals surface area contributed by atoms with Crippen LogP contribution in [0.3, 0.4) is 0 Å². The molecule has 4 unspecified atom stereocenters. The molecule has 0 radical (unpaired) electrons. The van der Waals surface area contributed by atoms with E-state index in [1.165, 1.54) is 44.9 Å². The number of H-pyrrole nitrogens is 6. The Morgan fingerprint density at radius 1 is 0.575 bits per heavy atom. The summed E-state index contributed by atoms with van der Waals surface area (Å²) in [5, 5.41) is 53.2. The zero-order valence-electron chi connectivity index (χ0n) is 53.5. The van der Waals surface area contributed by atoms with Crippen molar-refractivity contribution in [3.8, 4) is 0 Å². The van der Waals surface area contributed by atoms with Gasteiger partial charge in [-0.05, 0) is 130 Å². The summed E-state index contributed by atoms with van der Waals surface area (Å²) >= 11 is 15.1. The van der Waals surface area contributed by atoms with Gasteiger partial charge in [-0.15, -0.1) is 0 Å². The van der Waals surface area contributed by atoms with Gasteiger partial charge in [-0.2, -0.15) is 15.0 Å². The first-order valence-corrected chi connectivity index (χ1v) is 36.0. The number of anilines is 3. The van der Waals surface area contributed by atoms with Gasteiger partial charge in [0.2, 0.25) is 49.9 Å². The summed E-state index contributed by atoms with van der Waals surface area (Å²) in [6.07, 6.45) is 11.8. The Morgan fingerprint density at radius 3 is 1.53 bits per heavy atom. The Labute approximate surface area is 532 Å². The predicted molar refractivity (Wildman–Crippen MR) is 354 cm³/mol. The SMILES string of the molecule is CC(C)(C)CCNCCN(CCN(CCNCCN(CCC(C)(C)C)C(O)COCCC[Si](C)(C)OC1CCCCC2CC2CC1)CCNCC(=O)Nc1nc(=S)[nH][nH]1)CN(CCNCC(=O)Nc1nc(=S)[nH][nH]1)CCNCC(=O)Nc1nc(=S)[nH][nH]1. The summed E-state index contributed by atoms with van der Waals surface area (Å²) in [6.45, 7) is 30.8. The molecule has 0 bridgehead atoms. The van der Waals surface area contributed by atoms with Crippen LogP contribution in [0, 0.1) is 37.0 Å². The molecule has 0 saturated heterocycles. The average molecular weight is 1300 g/mol. The lowest BCUT2D eigenvalue weighted by molar-refractivity contribution is -0.116. The highest BCUT2D eigenvalue weighted by Crippen LogP contribution is 2.47. The van der Waals surface area contributed by atoms with Crippen molar-refractivity contribution in [2.75, 3.05) is 160 Å². The lowest BCUT2D eigenvalue weighted by Crippen LogP contribution is -2.49. The second kappa shape index (κ2) is 39.5. The Balaban J connectivity index is 1.18. The molecule has 2 aliphatic carbocycles. The van der Waals surface area contributed by atoms with Gasteiger partial charge in [0.25, 0.3) is 0 Å². The molecule has 0 aromatic carbocycles. The number of aliphatic hydroxyl groups is 1. The quantitative estimate of drug-likeness (QED) is 0.0160. The third-order valence-electron chi connectivity index (χ3n) is 15.6. The lowest BCUT2D eigenvalue weighted by atomic mass is 9.92. The van der Waals surface area contributed by atoms with Crippen molar-refractivity contribution < 1.29 is 28.7 Å². The van der Waals surface area contributed by atoms with Crippen molar-refractivity contribution in [3.05, 3.63) is 14.3 Å². The first kappa shape index (κ1) is 74.0. The van der Waals surface area contributed by atoms with Crippen LogP contribution in [0.25, 0.3) is 0 Å². The van der Waals surface area contributed by atoms with E-state index in [-0.39, 0.29) is 87.0 Å². The van der Waals surface area contributed by atoms with Crippen molar-refractivity contribution in [2.24, 2.45) is 22.7 Å². The number of aliphatic hydroxyl groups excluding tert-OH is 1. The van der Waals surface area contributed by atoms with Crippen LogP contribution in [0.5, 0.6) is 0 Å². The molecule has 0 spiro atoms. The van der Waals surface area contributed by atoms with Gasteiger partial charge >= 0.3 is 0 Å². The second-order valence-corrected chi connectivity index (χ2v) is 31.8. The van der Waals surface area contributed by atoms with E-state index in [0.717, 1.165) is 83.0 Å². The van der Waals surface area contributed by atoms with Crippen molar-refractivity contribution in [2.45, 2.75) is 137 Å². The Hall–Kier alpha value is -3.77. The maximum Gasteiger partial charge on any atom is 0.240 e. The fraction of sp³-hybridized carbons (Fsp3) is 0.839. The van der Waals surface area contributed by atoms with Crippen molar-refractivity contribution in [1.29, 1.82) is 0 Å². The first-order valence-electron chi connectivity index (χ1n) is 31.7. The summed E-state index contributed by atoms with van der Waals surface area (Å²) in [6, 6.07) is 1.05. The summed E-state index contributed by atoms with van der Waals surface area (Å²) in [4.78, 5) is 59.9. The van der Waals surface area contributed by atoms with Gasteiger partial charge in [0.1, 0.15) is 6.23 Å². The molecule has 3 aromatic rings. The Bertz CT molecular complexity index is 2510. The molecule has 27 nitrogen and oxygen atoms in total. The van der Waals surface area contributed by atoms with Crippen LogP contribution in [-0.2, 0) is 23.5 Å². The number of nitrogens with zero attached hydrogens (tertiary/aromatic N) is 7. The molecule has 3 heterocycles. The zero-order valence-corrected chi connectivity index (χ0v) is 56.9. The molecule has 2 saturated carbocycles. The third-order valence-corrected chi connectivity index (χ3v) is 18.7. The van der Waals surface area contributed by atoms with Crippen LogP contribution in [0.2, 0.25) is 19.1 Å². The molecular weight excluding hydrogens is 1190 g/mol. The molecule has 15 N–H and O–H groups in total. The minimum Gasteiger partial charge on any atom is -0.414 e. The highest BCUT2D eigenvalue weighted by atomic mass is 32.1. The van der Waals surface area contributed by atoms with E-state index < -0.39 is 14.5 Å². The molecule has 2 aliphatic rings. The second-order valence-electron chi connectivity index (χ2n) is 26.4. The predicted octanol–water partition coefficient (Wildman–Crippen LogP) is 4.54. The number of fused-ring (bicyclic) bond motifs is 1. The van der Waals surface area contributed by atoms with E-state index in [4.69, 9.17) is 45.8 Å². The molecular formula is C56H109N21O6S3Si. The number of nitrogens with one attached hydrogen (secondary N) is 14. The summed E-state index contributed by atoms with van der Waals surface area (Å²) < 4.78 is 13.8. The molecule has 3 aromatic heterocycles. The largest absolute Gasteiger partial charge is 0.414 e. The highest BCUT2D eigenvalue weighted by Gasteiger charge is 2.38. The fourth-order valence-corrected chi connectivity index (χ4v) is 13.1. The van der Waals surface area contributed by atoms with Crippen LogP contribution in [0.1, 0.15) is 106 Å². The van der Waals surface area contributed by atoms with Crippen molar-refractivity contribution in [3.63, 3.8) is 0 Å². The maximum absolute atomic E-state index is 12.8. The topological polar surface area (TPSA) is 333 Å². The van der Waals surface area contributed by atoms with E-state index in [9.17, 15) is 19.5 Å². The standard InChI is InChI=1S/C56H109N21O6S3Si/c1-55(2,3)16-18-57-20-28-76(41-75(29-22-60-38-46(79)63-50-66-53(85)72-69-50)30-23-61-39-47(80)64-51-67-54(86)73-70-51)33-32-74(27-21-59-37-45(78)62-49-65-52(84)71-68-49)26-19-58-24-31-77(25-17-56(4,5)6)48(81)40-82-34-11-35-87(7,8)83-44-13-10-9-12-42-36-43(42)14-15-44/h42-44,48,57-61,81H,9-41H2,1-8H3,(H3,62,65,68,71,78,84)(H3,63,66,69,72,79,85)(H3,64,67,70,73,80,86). The molecule has 87 heavy (non-hydrogen) atoms. The highest BCUT2D eigenvalue weighted by molar-refractivity contribution is 7.71. The smallest absolute Gasteiger partial charge is 0.240 e. The third kappa shape index (κ3) is 34.3. The number of hydrogen-bond donors (Lipinski definition) is 15. The molecule has 5 rings (SSSR count). The summed E-state index contributed by atoms with van der Waals surface area (Å²) in [5.74, 6) is 1.92. The van der Waals surface area contributed by atoms with Gasteiger partial charge in [0.05, 0.1) is 32.9 Å². The van der Waals surface area contributed by atoms with Gasteiger partial charge < -0.3 is 40.9 Å². The van der Waals surface area contributed by atoms with Crippen LogP contribution >= 0.6 is 36.7 Å². The number of ether oxygens (including phenoxy) is 1. The maximum atomic E-state index is 12.8. The van der Waals surface area contributed by atoms with E-state index in [0.29, 0.717) is 78.3 Å². The van der Waals surface area contributed by atoms with Crippen molar-refractivity contribution >= 4 is 80.5 Å². The van der Waals surface area contributed by atoms with Gasteiger partial charge in [-0.1, -0.05) is 60.8 Å². The van der Waals surface area contributed by atoms with E-state index in [1.807, 2.05) is 0 Å². The summed E-state index contributed by atoms with van der Waals surface area (Å²) in [7, 11) is -1.85. The van der Waals surface area contributed by atoms with Gasteiger partial charge in [0.15, 0.2) is 8.32 Å². The molecule has 4 atom stereocenters. The number of carbonyl (C=O) groups is 3. The minimum atomic E-state index is -1.85. The average Bonchev–Trinajstić information content (AvgIpc) is 3.80. The van der Waals surface area contributed by atoms with Gasteiger partial charge in [0, 0.05) is 111 Å². The number of hydrogen-bond acceptors (Lipinski definition) is 21. The summed E-state index contributed by atoms with van der Waals surface area (Å²) in [5.41, 5.74) is 0.299. The Morgan fingerprint density at radius 2 is 1.02 bits per heavy atom. The molecule has 496 valence electrons. The van der Waals surface area contributed by atoms with Crippen LogP contribution in [0.15, 0.2) is 0 Å². The van der Waals surface area contributed by atoms with E-state index in [2.05, 4.69) is 162 Å². The van der Waals surface area contributed by atoms with E-state index >= 15 is 0 Å². The van der Waals surface area contributed by atoms with Gasteiger partial charge in [-0.25, -0.2) is 0 Å². The molecule has 0 aliphatic heterocycles. The monoisotopic (exact) mass is 1300 g/mol. The van der Waals surface area contributed by atoms with E-state index in [1.54, 1.807) is 0 Å². The van der Waals surface area contributed by atoms with Crippen LogP contribution in [0.4, 0.5) is 17.8 Å². The number of rotatable bonds is 45. The number of carbonyl (C=O) groups excluding carboxylic acids is 3. The van der Waals surface area contributed by atoms with Crippen molar-refractivity contribution in [1.82, 2.24) is 91.7 Å². The van der Waals surface area contributed by atoms with Crippen LogP contribution in [-0.4, -0.2) is 253 Å². The molecule has 31 heteroatoms. The van der Waals surface area contributed by atoms with Gasteiger partial charge in [-0.3, -0.25) is 80.5 Å². The van der Waals surface area contributed by atoms with Crippen LogP contribution < -0.4 is 42.5 Å². The fourth-order valence-electron chi connectivity index (χ4n) is 10.4. The zero-order chi connectivity index (χ0) is 63.1. The lowest BCUT2D eigenvalue weighted by Gasteiger charge is -2.33. The molecule has 3 amide bonds. The number of amides is 3. The number of aromatic nitrogens is 9.